The van der Waals surface area contributed by atoms with Crippen molar-refractivity contribution in [1.29, 1.82) is 0 Å². The van der Waals surface area contributed by atoms with E-state index < -0.39 is 28.5 Å². The summed E-state index contributed by atoms with van der Waals surface area (Å²) in [5.74, 6) is -0.378. The maximum atomic E-state index is 14.4. The number of hydrogen-bond donors (Lipinski definition) is 1. The third kappa shape index (κ3) is 8.39. The predicted octanol–water partition coefficient (Wildman–Crippen LogP) is 5.71. The van der Waals surface area contributed by atoms with Gasteiger partial charge in [0.25, 0.3) is 10.0 Å². The fraction of sp³-hybridized carbons (Fsp3) is 0.235. The van der Waals surface area contributed by atoms with Crippen LogP contribution >= 0.6 is 11.6 Å². The van der Waals surface area contributed by atoms with Crippen molar-refractivity contribution < 1.29 is 22.7 Å². The molecule has 1 N–H and O–H groups in total. The number of halogens is 1. The van der Waals surface area contributed by atoms with Crippen LogP contribution in [0.3, 0.4) is 0 Å². The zero-order chi connectivity index (χ0) is 31.7. The lowest BCUT2D eigenvalue weighted by atomic mass is 10.0. The van der Waals surface area contributed by atoms with E-state index in [2.05, 4.69) is 5.32 Å². The molecule has 0 bridgehead atoms. The summed E-state index contributed by atoms with van der Waals surface area (Å²) in [6.07, 6.45) is 0.231. The van der Waals surface area contributed by atoms with E-state index in [0.29, 0.717) is 16.5 Å². The summed E-state index contributed by atoms with van der Waals surface area (Å²) in [7, 11) is -2.70. The van der Waals surface area contributed by atoms with E-state index in [1.165, 1.54) is 24.1 Å². The van der Waals surface area contributed by atoms with E-state index in [1.807, 2.05) is 44.2 Å². The molecule has 1 unspecified atom stereocenters. The van der Waals surface area contributed by atoms with Gasteiger partial charge in [0.15, 0.2) is 0 Å². The molecule has 0 aliphatic heterocycles. The molecule has 44 heavy (non-hydrogen) atoms. The minimum atomic E-state index is -4.20. The Morgan fingerprint density at radius 1 is 0.818 bits per heavy atom. The van der Waals surface area contributed by atoms with Crippen LogP contribution in [0.1, 0.15) is 25.0 Å². The highest BCUT2D eigenvalue weighted by atomic mass is 35.5. The molecule has 0 saturated heterocycles. The smallest absolute Gasteiger partial charge is 0.264 e. The fourth-order valence-electron chi connectivity index (χ4n) is 4.72. The number of nitrogens with one attached hydrogen (secondary N) is 1. The predicted molar refractivity (Wildman–Crippen MR) is 173 cm³/mol. The number of benzene rings is 4. The van der Waals surface area contributed by atoms with E-state index in [4.69, 9.17) is 16.3 Å². The average molecular weight is 634 g/mol. The molecule has 1 atom stereocenters. The maximum Gasteiger partial charge on any atom is 0.264 e. The third-order valence-electron chi connectivity index (χ3n) is 6.94. The van der Waals surface area contributed by atoms with E-state index in [9.17, 15) is 18.0 Å². The van der Waals surface area contributed by atoms with Crippen LogP contribution in [0.5, 0.6) is 5.75 Å². The first-order chi connectivity index (χ1) is 21.1. The minimum absolute atomic E-state index is 0.00223. The number of carbonyl (C=O) groups is 2. The van der Waals surface area contributed by atoms with Crippen LogP contribution in [-0.2, 0) is 32.6 Å². The van der Waals surface area contributed by atoms with Gasteiger partial charge in [0.2, 0.25) is 11.8 Å². The largest absolute Gasteiger partial charge is 0.497 e. The molecule has 0 fully saturated rings. The molecule has 2 amide bonds. The summed E-state index contributed by atoms with van der Waals surface area (Å²) in [6.45, 7) is 3.22. The van der Waals surface area contributed by atoms with Crippen molar-refractivity contribution in [2.45, 2.75) is 43.8 Å². The van der Waals surface area contributed by atoms with Crippen LogP contribution in [-0.4, -0.2) is 50.9 Å². The zero-order valence-electron chi connectivity index (χ0n) is 24.9. The average Bonchev–Trinajstić information content (AvgIpc) is 3.02. The van der Waals surface area contributed by atoms with Gasteiger partial charge in [0.05, 0.1) is 17.7 Å². The lowest BCUT2D eigenvalue weighted by molar-refractivity contribution is -0.140. The molecule has 8 nitrogen and oxygen atoms in total. The summed E-state index contributed by atoms with van der Waals surface area (Å²) in [5.41, 5.74) is 1.91. The topological polar surface area (TPSA) is 96.0 Å². The number of nitrogens with zero attached hydrogens (tertiary/aromatic N) is 2. The van der Waals surface area contributed by atoms with Crippen LogP contribution in [0.25, 0.3) is 0 Å². The number of hydrogen-bond acceptors (Lipinski definition) is 5. The van der Waals surface area contributed by atoms with Gasteiger partial charge < -0.3 is 15.0 Å². The number of methoxy groups -OCH3 is 1. The van der Waals surface area contributed by atoms with Gasteiger partial charge in [0.1, 0.15) is 18.3 Å². The second-order valence-electron chi connectivity index (χ2n) is 10.5. The molecule has 0 aliphatic carbocycles. The molecule has 0 heterocycles. The molecule has 10 heteroatoms. The van der Waals surface area contributed by atoms with Crippen LogP contribution < -0.4 is 14.4 Å². The van der Waals surface area contributed by atoms with Crippen LogP contribution in [0, 0.1) is 0 Å². The minimum Gasteiger partial charge on any atom is -0.497 e. The Balaban J connectivity index is 1.78. The molecule has 0 radical (unpaired) electrons. The number of anilines is 1. The number of sulfonamides is 1. The fourth-order valence-corrected chi connectivity index (χ4v) is 6.26. The van der Waals surface area contributed by atoms with Crippen LogP contribution in [0.2, 0.25) is 5.02 Å². The molecule has 0 aromatic heterocycles. The summed E-state index contributed by atoms with van der Waals surface area (Å²) in [5, 5.41) is 3.48. The Kier molecular flexibility index (Phi) is 11.0. The van der Waals surface area contributed by atoms with Crippen molar-refractivity contribution in [2.24, 2.45) is 0 Å². The van der Waals surface area contributed by atoms with Crippen molar-refractivity contribution in [3.63, 3.8) is 0 Å². The molecule has 0 spiro atoms. The van der Waals surface area contributed by atoms with E-state index in [0.717, 1.165) is 15.4 Å². The van der Waals surface area contributed by atoms with Crippen molar-refractivity contribution in [3.05, 3.63) is 125 Å². The van der Waals surface area contributed by atoms with Gasteiger partial charge in [-0.3, -0.25) is 13.9 Å². The SMILES string of the molecule is COc1ccc(S(=O)(=O)N(CC(=O)N(Cc2ccc(Cl)cc2)C(Cc2ccccc2)C(=O)NC(C)C)c2ccccc2)cc1. The summed E-state index contributed by atoms with van der Waals surface area (Å²) < 4.78 is 34.4. The van der Waals surface area contributed by atoms with Crippen molar-refractivity contribution in [1.82, 2.24) is 10.2 Å². The lowest BCUT2D eigenvalue weighted by Crippen LogP contribution is -2.54. The highest BCUT2D eigenvalue weighted by Gasteiger charge is 2.34. The van der Waals surface area contributed by atoms with Gasteiger partial charge in [-0.05, 0) is 73.5 Å². The molecular weight excluding hydrogens is 598 g/mol. The first kappa shape index (κ1) is 32.6. The molecule has 0 aliphatic rings. The van der Waals surface area contributed by atoms with Crippen molar-refractivity contribution in [3.8, 4) is 5.75 Å². The van der Waals surface area contributed by atoms with Gasteiger partial charge in [-0.2, -0.15) is 0 Å². The maximum absolute atomic E-state index is 14.4. The first-order valence-corrected chi connectivity index (χ1v) is 16.0. The normalized spacial score (nSPS) is 11.9. The second-order valence-corrected chi connectivity index (χ2v) is 12.8. The molecule has 0 saturated carbocycles. The van der Waals surface area contributed by atoms with Crippen LogP contribution in [0.4, 0.5) is 5.69 Å². The van der Waals surface area contributed by atoms with Gasteiger partial charge in [-0.25, -0.2) is 8.42 Å². The van der Waals surface area contributed by atoms with E-state index in [-0.39, 0.29) is 29.8 Å². The summed E-state index contributed by atoms with van der Waals surface area (Å²) >= 11 is 6.13. The number of ether oxygens (including phenoxy) is 1. The van der Waals surface area contributed by atoms with Gasteiger partial charge in [0, 0.05) is 24.0 Å². The Bertz CT molecular complexity index is 1630. The number of amides is 2. The number of carbonyl (C=O) groups excluding carboxylic acids is 2. The van der Waals surface area contributed by atoms with Gasteiger partial charge >= 0.3 is 0 Å². The van der Waals surface area contributed by atoms with Crippen molar-refractivity contribution >= 4 is 39.1 Å². The van der Waals surface area contributed by atoms with Crippen LogP contribution in [0.15, 0.2) is 114 Å². The van der Waals surface area contributed by atoms with E-state index >= 15 is 0 Å². The Labute approximate surface area is 264 Å². The quantitative estimate of drug-likeness (QED) is 0.204. The lowest BCUT2D eigenvalue weighted by Gasteiger charge is -2.34. The van der Waals surface area contributed by atoms with E-state index in [1.54, 1.807) is 66.7 Å². The van der Waals surface area contributed by atoms with Gasteiger partial charge in [-0.15, -0.1) is 0 Å². The molecule has 4 rings (SSSR count). The van der Waals surface area contributed by atoms with Crippen molar-refractivity contribution in [2.75, 3.05) is 18.0 Å². The summed E-state index contributed by atoms with van der Waals surface area (Å²) in [4.78, 5) is 29.6. The molecule has 230 valence electrons. The highest BCUT2D eigenvalue weighted by molar-refractivity contribution is 7.92. The molecule has 4 aromatic carbocycles. The zero-order valence-corrected chi connectivity index (χ0v) is 26.5. The Morgan fingerprint density at radius 3 is 1.98 bits per heavy atom. The van der Waals surface area contributed by atoms with Gasteiger partial charge in [-0.1, -0.05) is 72.3 Å². The number of para-hydroxylation sites is 1. The summed E-state index contributed by atoms with van der Waals surface area (Å²) in [6, 6.07) is 29.7. The highest BCUT2D eigenvalue weighted by Crippen LogP contribution is 2.26. The standard InChI is InChI=1S/C34H36ClN3O5S/c1-25(2)36-34(40)32(22-26-10-6-4-7-11-26)37(23-27-14-16-28(35)17-15-27)33(39)24-38(29-12-8-5-9-13-29)44(41,42)31-20-18-30(43-3)19-21-31/h4-21,25,32H,22-24H2,1-3H3,(H,36,40). The third-order valence-corrected chi connectivity index (χ3v) is 8.98. The second kappa shape index (κ2) is 14.9. The monoisotopic (exact) mass is 633 g/mol. The number of rotatable bonds is 13. The Hall–Kier alpha value is -4.34. The first-order valence-electron chi connectivity index (χ1n) is 14.2. The molecular formula is C34H36ClN3O5S. The molecule has 4 aromatic rings. The Morgan fingerprint density at radius 2 is 1.41 bits per heavy atom.